The van der Waals surface area contributed by atoms with Crippen molar-refractivity contribution in [3.63, 3.8) is 0 Å². The Morgan fingerprint density at radius 3 is 2.62 bits per heavy atom. The van der Waals surface area contributed by atoms with E-state index in [1.807, 2.05) is 24.3 Å². The molecule has 0 saturated heterocycles. The van der Waals surface area contributed by atoms with E-state index in [1.165, 1.54) is 37.7 Å². The minimum Gasteiger partial charge on any atom is -0.419 e. The van der Waals surface area contributed by atoms with Gasteiger partial charge in [-0.2, -0.15) is 0 Å². The predicted molar refractivity (Wildman–Crippen MR) is 117 cm³/mol. The molecule has 152 valence electrons. The Hall–Kier alpha value is -2.37. The maximum absolute atomic E-state index is 6.23. The lowest BCUT2D eigenvalue weighted by molar-refractivity contribution is 0.185. The minimum absolute atomic E-state index is 0.442. The first-order valence-corrected chi connectivity index (χ1v) is 10.7. The number of hydrogen-bond donors (Lipinski definition) is 1. The second-order valence-electron chi connectivity index (χ2n) is 7.70. The van der Waals surface area contributed by atoms with Gasteiger partial charge in [-0.3, -0.25) is 4.90 Å². The van der Waals surface area contributed by atoms with Crippen molar-refractivity contribution >= 4 is 17.3 Å². The summed E-state index contributed by atoms with van der Waals surface area (Å²) in [5.41, 5.74) is 3.14. The molecule has 1 heterocycles. The van der Waals surface area contributed by atoms with Gasteiger partial charge >= 0.3 is 0 Å². The number of para-hydroxylation sites is 1. The summed E-state index contributed by atoms with van der Waals surface area (Å²) in [5.74, 6) is 0.980. The van der Waals surface area contributed by atoms with Crippen LogP contribution in [0, 0.1) is 0 Å². The summed E-state index contributed by atoms with van der Waals surface area (Å²) in [6, 6.07) is 16.6. The van der Waals surface area contributed by atoms with Crippen LogP contribution in [-0.2, 0) is 13.1 Å². The molecule has 1 fully saturated rings. The Labute approximate surface area is 177 Å². The third kappa shape index (κ3) is 4.98. The smallest absolute Gasteiger partial charge is 0.249 e. The molecule has 1 aliphatic carbocycles. The average molecular weight is 411 g/mol. The van der Waals surface area contributed by atoms with Gasteiger partial charge in [-0.1, -0.05) is 61.2 Å². The second kappa shape index (κ2) is 9.42. The molecule has 29 heavy (non-hydrogen) atoms. The molecule has 5 nitrogen and oxygen atoms in total. The standard InChI is InChI=1S/C23H27ClN4O/c1-28(18-10-3-2-4-11-18)16-17-9-5-8-14-21(17)25-15-22-26-27-23(29-22)19-12-6-7-13-20(19)24/h5-9,12-14,18,25H,2-4,10-11,15-16H2,1H3. The number of benzene rings is 2. The third-order valence-electron chi connectivity index (χ3n) is 5.64. The van der Waals surface area contributed by atoms with E-state index in [0.717, 1.165) is 17.8 Å². The molecule has 0 aliphatic heterocycles. The Balaban J connectivity index is 1.41. The molecule has 0 amide bonds. The first kappa shape index (κ1) is 19.9. The van der Waals surface area contributed by atoms with E-state index in [-0.39, 0.29) is 0 Å². The zero-order valence-corrected chi connectivity index (χ0v) is 17.5. The van der Waals surface area contributed by atoms with Crippen LogP contribution >= 0.6 is 11.6 Å². The Bertz CT molecular complexity index is 936. The van der Waals surface area contributed by atoms with Gasteiger partial charge in [-0.15, -0.1) is 10.2 Å². The van der Waals surface area contributed by atoms with Gasteiger partial charge in [-0.05, 0) is 43.7 Å². The molecule has 0 bridgehead atoms. The highest BCUT2D eigenvalue weighted by Gasteiger charge is 2.19. The topological polar surface area (TPSA) is 54.2 Å². The number of rotatable bonds is 7. The van der Waals surface area contributed by atoms with Gasteiger partial charge in [0.2, 0.25) is 11.8 Å². The molecule has 4 rings (SSSR count). The lowest BCUT2D eigenvalue weighted by Gasteiger charge is -2.31. The van der Waals surface area contributed by atoms with E-state index in [9.17, 15) is 0 Å². The van der Waals surface area contributed by atoms with E-state index in [4.69, 9.17) is 16.0 Å². The van der Waals surface area contributed by atoms with Gasteiger partial charge in [0.05, 0.1) is 17.1 Å². The summed E-state index contributed by atoms with van der Waals surface area (Å²) >= 11 is 6.23. The monoisotopic (exact) mass is 410 g/mol. The van der Waals surface area contributed by atoms with Crippen molar-refractivity contribution in [2.75, 3.05) is 12.4 Å². The molecule has 0 unspecified atom stereocenters. The summed E-state index contributed by atoms with van der Waals surface area (Å²) in [6.45, 7) is 1.41. The van der Waals surface area contributed by atoms with Gasteiger partial charge in [0.1, 0.15) is 0 Å². The first-order valence-electron chi connectivity index (χ1n) is 10.3. The van der Waals surface area contributed by atoms with Crippen LogP contribution in [-0.4, -0.2) is 28.2 Å². The molecule has 0 radical (unpaired) electrons. The van der Waals surface area contributed by atoms with E-state index >= 15 is 0 Å². The summed E-state index contributed by atoms with van der Waals surface area (Å²) < 4.78 is 5.81. The molecular formula is C23H27ClN4O. The molecule has 1 N–H and O–H groups in total. The van der Waals surface area contributed by atoms with Gasteiger partial charge < -0.3 is 9.73 Å². The molecule has 1 saturated carbocycles. The van der Waals surface area contributed by atoms with Crippen molar-refractivity contribution in [1.82, 2.24) is 15.1 Å². The molecule has 6 heteroatoms. The van der Waals surface area contributed by atoms with E-state index < -0.39 is 0 Å². The predicted octanol–water partition coefficient (Wildman–Crippen LogP) is 5.77. The number of nitrogens with one attached hydrogen (secondary N) is 1. The fourth-order valence-corrected chi connectivity index (χ4v) is 4.21. The maximum Gasteiger partial charge on any atom is 0.249 e. The fourth-order valence-electron chi connectivity index (χ4n) is 3.99. The summed E-state index contributed by atoms with van der Waals surface area (Å²) in [4.78, 5) is 2.49. The SMILES string of the molecule is CN(Cc1ccccc1NCc1nnc(-c2ccccc2Cl)o1)C1CCCCC1. The molecule has 0 atom stereocenters. The highest BCUT2D eigenvalue weighted by atomic mass is 35.5. The first-order chi connectivity index (χ1) is 14.2. The molecule has 2 aromatic carbocycles. The lowest BCUT2D eigenvalue weighted by Crippen LogP contribution is -2.33. The minimum atomic E-state index is 0.442. The Kier molecular flexibility index (Phi) is 6.47. The van der Waals surface area contributed by atoms with Gasteiger partial charge in [0.15, 0.2) is 0 Å². The average Bonchev–Trinajstić information content (AvgIpc) is 3.23. The fraction of sp³-hybridized carbons (Fsp3) is 0.391. The zero-order chi connectivity index (χ0) is 20.1. The highest BCUT2D eigenvalue weighted by molar-refractivity contribution is 6.33. The van der Waals surface area contributed by atoms with E-state index in [2.05, 4.69) is 51.7 Å². The second-order valence-corrected chi connectivity index (χ2v) is 8.11. The van der Waals surface area contributed by atoms with Crippen LogP contribution in [0.3, 0.4) is 0 Å². The van der Waals surface area contributed by atoms with Crippen molar-refractivity contribution in [3.8, 4) is 11.5 Å². The van der Waals surface area contributed by atoms with Crippen molar-refractivity contribution in [1.29, 1.82) is 0 Å². The van der Waals surface area contributed by atoms with Gasteiger partial charge in [0.25, 0.3) is 0 Å². The molecule has 3 aromatic rings. The van der Waals surface area contributed by atoms with E-state index in [1.54, 1.807) is 0 Å². The number of halogens is 1. The number of aromatic nitrogens is 2. The third-order valence-corrected chi connectivity index (χ3v) is 5.97. The number of anilines is 1. The summed E-state index contributed by atoms with van der Waals surface area (Å²) in [5, 5.41) is 12.4. The Morgan fingerprint density at radius 1 is 1.03 bits per heavy atom. The van der Waals surface area contributed by atoms with Gasteiger partial charge in [0, 0.05) is 18.3 Å². The lowest BCUT2D eigenvalue weighted by atomic mass is 9.94. The van der Waals surface area contributed by atoms with Crippen LogP contribution in [0.4, 0.5) is 5.69 Å². The van der Waals surface area contributed by atoms with Crippen LogP contribution in [0.1, 0.15) is 43.6 Å². The van der Waals surface area contributed by atoms with Crippen molar-refractivity contribution < 1.29 is 4.42 Å². The molecule has 1 aromatic heterocycles. The van der Waals surface area contributed by atoms with Crippen molar-refractivity contribution in [3.05, 3.63) is 65.0 Å². The van der Waals surface area contributed by atoms with Crippen LogP contribution < -0.4 is 5.32 Å². The van der Waals surface area contributed by atoms with Gasteiger partial charge in [-0.25, -0.2) is 0 Å². The molecular weight excluding hydrogens is 384 g/mol. The van der Waals surface area contributed by atoms with Crippen LogP contribution in [0.25, 0.3) is 11.5 Å². The highest BCUT2D eigenvalue weighted by Crippen LogP contribution is 2.27. The summed E-state index contributed by atoms with van der Waals surface area (Å²) in [6.07, 6.45) is 6.68. The van der Waals surface area contributed by atoms with Crippen LogP contribution in [0.5, 0.6) is 0 Å². The van der Waals surface area contributed by atoms with Crippen LogP contribution in [0.2, 0.25) is 5.02 Å². The quantitative estimate of drug-likeness (QED) is 0.536. The summed E-state index contributed by atoms with van der Waals surface area (Å²) in [7, 11) is 2.24. The zero-order valence-electron chi connectivity index (χ0n) is 16.8. The van der Waals surface area contributed by atoms with Crippen molar-refractivity contribution in [2.24, 2.45) is 0 Å². The maximum atomic E-state index is 6.23. The molecule has 0 spiro atoms. The normalized spacial score (nSPS) is 15.0. The Morgan fingerprint density at radius 2 is 1.79 bits per heavy atom. The number of hydrogen-bond acceptors (Lipinski definition) is 5. The van der Waals surface area contributed by atoms with Crippen molar-refractivity contribution in [2.45, 2.75) is 51.2 Å². The number of nitrogens with zero attached hydrogens (tertiary/aromatic N) is 3. The van der Waals surface area contributed by atoms with E-state index in [0.29, 0.717) is 29.4 Å². The largest absolute Gasteiger partial charge is 0.419 e. The van der Waals surface area contributed by atoms with Crippen LogP contribution in [0.15, 0.2) is 52.9 Å². The molecule has 1 aliphatic rings.